The Kier molecular flexibility index (Phi) is 4.69. The highest BCUT2D eigenvalue weighted by atomic mass is 79.9. The second-order valence-corrected chi connectivity index (χ2v) is 7.89. The Bertz CT molecular complexity index is 673. The van der Waals surface area contributed by atoms with Crippen LogP contribution >= 0.6 is 15.9 Å². The minimum Gasteiger partial charge on any atom is -0.478 e. The van der Waals surface area contributed by atoms with Crippen molar-refractivity contribution >= 4 is 31.9 Å². The van der Waals surface area contributed by atoms with Gasteiger partial charge in [0, 0.05) is 11.0 Å². The van der Waals surface area contributed by atoms with Crippen LogP contribution in [0.25, 0.3) is 0 Å². The van der Waals surface area contributed by atoms with Gasteiger partial charge in [-0.2, -0.15) is 0 Å². The summed E-state index contributed by atoms with van der Waals surface area (Å²) in [6.45, 7) is 2.14. The van der Waals surface area contributed by atoms with Crippen molar-refractivity contribution in [2.75, 3.05) is 6.54 Å². The predicted molar refractivity (Wildman–Crippen MR) is 78.1 cm³/mol. The summed E-state index contributed by atoms with van der Waals surface area (Å²) >= 11 is 3.00. The van der Waals surface area contributed by atoms with Gasteiger partial charge in [-0.05, 0) is 36.8 Å². The van der Waals surface area contributed by atoms with Gasteiger partial charge in [-0.3, -0.25) is 0 Å². The summed E-state index contributed by atoms with van der Waals surface area (Å²) in [6.07, 6.45) is 2.16. The highest BCUT2D eigenvalue weighted by molar-refractivity contribution is 9.10. The molecule has 1 aromatic carbocycles. The first-order valence-electron chi connectivity index (χ1n) is 6.44. The van der Waals surface area contributed by atoms with E-state index >= 15 is 0 Å². The molecule has 0 amide bonds. The first kappa shape index (κ1) is 16.4. The van der Waals surface area contributed by atoms with Crippen molar-refractivity contribution in [1.82, 2.24) is 4.72 Å². The maximum absolute atomic E-state index is 14.1. The van der Waals surface area contributed by atoms with Crippen LogP contribution in [0.4, 0.5) is 4.39 Å². The number of hydrogen-bond donors (Lipinski definition) is 2. The van der Waals surface area contributed by atoms with Gasteiger partial charge in [0.05, 0.1) is 5.56 Å². The molecule has 0 radical (unpaired) electrons. The van der Waals surface area contributed by atoms with E-state index in [2.05, 4.69) is 20.7 Å². The molecule has 2 N–H and O–H groups in total. The molecule has 0 bridgehead atoms. The Hall–Kier alpha value is -0.990. The van der Waals surface area contributed by atoms with E-state index in [1.165, 1.54) is 0 Å². The van der Waals surface area contributed by atoms with Gasteiger partial charge in [-0.25, -0.2) is 22.3 Å². The lowest BCUT2D eigenvalue weighted by Crippen LogP contribution is -2.30. The van der Waals surface area contributed by atoms with Crippen LogP contribution in [-0.4, -0.2) is 26.0 Å². The second-order valence-electron chi connectivity index (χ2n) is 5.24. The van der Waals surface area contributed by atoms with Gasteiger partial charge in [0.1, 0.15) is 4.90 Å². The first-order valence-corrected chi connectivity index (χ1v) is 8.72. The Morgan fingerprint density at radius 1 is 1.52 bits per heavy atom. The van der Waals surface area contributed by atoms with Crippen LogP contribution in [-0.2, 0) is 10.0 Å². The Balaban J connectivity index is 2.28. The number of carbonyl (C=O) groups is 1. The van der Waals surface area contributed by atoms with Gasteiger partial charge in [-0.15, -0.1) is 0 Å². The predicted octanol–water partition coefficient (Wildman–Crippen LogP) is 2.61. The number of aromatic carboxylic acids is 1. The van der Waals surface area contributed by atoms with Crippen molar-refractivity contribution in [3.8, 4) is 0 Å². The Labute approximate surface area is 130 Å². The van der Waals surface area contributed by atoms with Gasteiger partial charge in [0.25, 0.3) is 0 Å². The van der Waals surface area contributed by atoms with E-state index in [9.17, 15) is 17.6 Å². The fourth-order valence-electron chi connectivity index (χ4n) is 2.07. The summed E-state index contributed by atoms with van der Waals surface area (Å²) in [5.41, 5.74) is -0.681. The highest BCUT2D eigenvalue weighted by Crippen LogP contribution is 2.36. The Morgan fingerprint density at radius 3 is 2.67 bits per heavy atom. The quantitative estimate of drug-likeness (QED) is 0.795. The number of carboxylic acids is 1. The molecule has 0 aliphatic heterocycles. The standard InChI is InChI=1S/C13H15BrFNO4S/c1-7(8-2-3-8)6-16-21(19,20)11-5-9(14)4-10(12(11)15)13(17)18/h4-5,7-8,16H,2-3,6H2,1H3,(H,17,18). The van der Waals surface area contributed by atoms with E-state index in [1.807, 2.05) is 6.92 Å². The lowest BCUT2D eigenvalue weighted by Gasteiger charge is -2.13. The van der Waals surface area contributed by atoms with Crippen LogP contribution < -0.4 is 4.72 Å². The third-order valence-electron chi connectivity index (χ3n) is 3.55. The van der Waals surface area contributed by atoms with Gasteiger partial charge in [0.15, 0.2) is 5.82 Å². The molecule has 1 saturated carbocycles. The molecule has 1 aliphatic rings. The SMILES string of the molecule is CC(CNS(=O)(=O)c1cc(Br)cc(C(=O)O)c1F)C1CC1. The van der Waals surface area contributed by atoms with E-state index in [-0.39, 0.29) is 16.9 Å². The number of benzene rings is 1. The van der Waals surface area contributed by atoms with E-state index in [4.69, 9.17) is 5.11 Å². The minimum atomic E-state index is -4.09. The summed E-state index contributed by atoms with van der Waals surface area (Å²) < 4.78 is 40.9. The number of rotatable bonds is 6. The van der Waals surface area contributed by atoms with Crippen molar-refractivity contribution < 1.29 is 22.7 Å². The zero-order chi connectivity index (χ0) is 15.8. The third kappa shape index (κ3) is 3.81. The first-order chi connectivity index (χ1) is 9.72. The van der Waals surface area contributed by atoms with Crippen molar-refractivity contribution in [2.45, 2.75) is 24.7 Å². The molecule has 1 fully saturated rings. The van der Waals surface area contributed by atoms with Gasteiger partial charge in [-0.1, -0.05) is 22.9 Å². The van der Waals surface area contributed by atoms with E-state index in [0.29, 0.717) is 5.92 Å². The highest BCUT2D eigenvalue weighted by Gasteiger charge is 2.30. The maximum Gasteiger partial charge on any atom is 0.338 e. The van der Waals surface area contributed by atoms with Gasteiger partial charge < -0.3 is 5.11 Å². The van der Waals surface area contributed by atoms with Gasteiger partial charge >= 0.3 is 5.97 Å². The van der Waals surface area contributed by atoms with E-state index in [1.54, 1.807) is 0 Å². The monoisotopic (exact) mass is 379 g/mol. The van der Waals surface area contributed by atoms with Crippen LogP contribution in [0.5, 0.6) is 0 Å². The molecule has 0 aromatic heterocycles. The molecule has 1 aliphatic carbocycles. The topological polar surface area (TPSA) is 83.5 Å². The molecule has 0 saturated heterocycles. The minimum absolute atomic E-state index is 0.175. The number of halogens is 2. The number of nitrogens with one attached hydrogen (secondary N) is 1. The normalized spacial score (nSPS) is 16.7. The fraction of sp³-hybridized carbons (Fsp3) is 0.462. The zero-order valence-corrected chi connectivity index (χ0v) is 13.7. The Morgan fingerprint density at radius 2 is 2.14 bits per heavy atom. The molecule has 21 heavy (non-hydrogen) atoms. The van der Waals surface area contributed by atoms with Crippen LogP contribution in [0.1, 0.15) is 30.1 Å². The van der Waals surface area contributed by atoms with Crippen molar-refractivity contribution in [3.05, 3.63) is 28.0 Å². The maximum atomic E-state index is 14.1. The summed E-state index contributed by atoms with van der Waals surface area (Å²) in [5, 5.41) is 8.90. The molecule has 2 rings (SSSR count). The number of hydrogen-bond acceptors (Lipinski definition) is 3. The molecule has 0 heterocycles. The largest absolute Gasteiger partial charge is 0.478 e. The summed E-state index contributed by atoms with van der Waals surface area (Å²) in [4.78, 5) is 10.3. The van der Waals surface area contributed by atoms with Crippen LogP contribution in [0.2, 0.25) is 0 Å². The summed E-state index contributed by atoms with van der Waals surface area (Å²) in [7, 11) is -4.09. The average Bonchev–Trinajstić information content (AvgIpc) is 3.22. The molecule has 1 aromatic rings. The summed E-state index contributed by atoms with van der Waals surface area (Å²) in [6, 6.07) is 2.09. The summed E-state index contributed by atoms with van der Waals surface area (Å²) in [5.74, 6) is -2.09. The van der Waals surface area contributed by atoms with Crippen molar-refractivity contribution in [1.29, 1.82) is 0 Å². The molecular formula is C13H15BrFNO4S. The third-order valence-corrected chi connectivity index (χ3v) is 5.43. The second kappa shape index (κ2) is 6.02. The molecule has 1 atom stereocenters. The average molecular weight is 380 g/mol. The van der Waals surface area contributed by atoms with Crippen molar-refractivity contribution in [3.63, 3.8) is 0 Å². The number of carboxylic acid groups (broad SMARTS) is 1. The smallest absolute Gasteiger partial charge is 0.338 e. The lowest BCUT2D eigenvalue weighted by atomic mass is 10.1. The zero-order valence-electron chi connectivity index (χ0n) is 11.3. The number of sulfonamides is 1. The molecule has 8 heteroatoms. The molecule has 116 valence electrons. The van der Waals surface area contributed by atoms with E-state index < -0.39 is 32.3 Å². The van der Waals surface area contributed by atoms with Crippen LogP contribution in [0.15, 0.2) is 21.5 Å². The molecule has 5 nitrogen and oxygen atoms in total. The van der Waals surface area contributed by atoms with E-state index in [0.717, 1.165) is 25.0 Å². The lowest BCUT2D eigenvalue weighted by molar-refractivity contribution is 0.0691. The molecule has 1 unspecified atom stereocenters. The van der Waals surface area contributed by atoms with Crippen LogP contribution in [0, 0.1) is 17.7 Å². The molecular weight excluding hydrogens is 365 g/mol. The van der Waals surface area contributed by atoms with Gasteiger partial charge in [0.2, 0.25) is 10.0 Å². The fourth-order valence-corrected chi connectivity index (χ4v) is 3.94. The molecule has 0 spiro atoms. The van der Waals surface area contributed by atoms with Crippen LogP contribution in [0.3, 0.4) is 0 Å². The van der Waals surface area contributed by atoms with Crippen molar-refractivity contribution in [2.24, 2.45) is 11.8 Å².